The molecule has 1 N–H and O–H groups in total. The van der Waals surface area contributed by atoms with Crippen molar-refractivity contribution in [2.45, 2.75) is 6.42 Å². The Morgan fingerprint density at radius 1 is 1.15 bits per heavy atom. The van der Waals surface area contributed by atoms with Gasteiger partial charge in [0.15, 0.2) is 0 Å². The molecule has 0 radical (unpaired) electrons. The van der Waals surface area contributed by atoms with Gasteiger partial charge >= 0.3 is 0 Å². The monoisotopic (exact) mass is 272 g/mol. The fourth-order valence-corrected chi connectivity index (χ4v) is 1.88. The standard InChI is InChI=1S/C16H17FN2O/c1-19(2)14-8-5-7-13(11-14)18-16(20)10-12-6-3-4-9-15(12)17/h3-9,11H,10H2,1-2H3,(H,18,20). The second-order valence-corrected chi connectivity index (χ2v) is 4.76. The van der Waals surface area contributed by atoms with Gasteiger partial charge in [0.2, 0.25) is 5.91 Å². The Kier molecular flexibility index (Phi) is 4.35. The maximum atomic E-state index is 13.5. The van der Waals surface area contributed by atoms with Crippen LogP contribution in [0.4, 0.5) is 15.8 Å². The Hall–Kier alpha value is -2.36. The lowest BCUT2D eigenvalue weighted by molar-refractivity contribution is -0.115. The Morgan fingerprint density at radius 3 is 2.60 bits per heavy atom. The third-order valence-corrected chi connectivity index (χ3v) is 2.96. The third kappa shape index (κ3) is 3.57. The smallest absolute Gasteiger partial charge is 0.228 e. The largest absolute Gasteiger partial charge is 0.378 e. The zero-order valence-electron chi connectivity index (χ0n) is 11.6. The van der Waals surface area contributed by atoms with Gasteiger partial charge in [-0.05, 0) is 29.8 Å². The number of benzene rings is 2. The number of rotatable bonds is 4. The first-order valence-corrected chi connectivity index (χ1v) is 6.37. The van der Waals surface area contributed by atoms with Crippen molar-refractivity contribution in [1.82, 2.24) is 0 Å². The average molecular weight is 272 g/mol. The minimum Gasteiger partial charge on any atom is -0.378 e. The van der Waals surface area contributed by atoms with E-state index in [1.807, 2.05) is 43.3 Å². The first-order valence-electron chi connectivity index (χ1n) is 6.37. The summed E-state index contributed by atoms with van der Waals surface area (Å²) in [5, 5.41) is 2.78. The molecule has 0 aliphatic carbocycles. The van der Waals surface area contributed by atoms with Gasteiger partial charge in [0.1, 0.15) is 5.82 Å². The highest BCUT2D eigenvalue weighted by atomic mass is 19.1. The predicted molar refractivity (Wildman–Crippen MR) is 79.5 cm³/mol. The summed E-state index contributed by atoms with van der Waals surface area (Å²) in [7, 11) is 3.86. The fraction of sp³-hybridized carbons (Fsp3) is 0.188. The number of halogens is 1. The highest BCUT2D eigenvalue weighted by Crippen LogP contribution is 2.17. The molecule has 20 heavy (non-hydrogen) atoms. The number of nitrogens with one attached hydrogen (secondary N) is 1. The highest BCUT2D eigenvalue weighted by Gasteiger charge is 2.08. The van der Waals surface area contributed by atoms with Crippen LogP contribution < -0.4 is 10.2 Å². The molecule has 0 saturated carbocycles. The van der Waals surface area contributed by atoms with Crippen molar-refractivity contribution in [3.8, 4) is 0 Å². The van der Waals surface area contributed by atoms with Crippen molar-refractivity contribution >= 4 is 17.3 Å². The van der Waals surface area contributed by atoms with Gasteiger partial charge in [-0.25, -0.2) is 4.39 Å². The lowest BCUT2D eigenvalue weighted by Gasteiger charge is -2.14. The van der Waals surface area contributed by atoms with E-state index in [1.54, 1.807) is 18.2 Å². The van der Waals surface area contributed by atoms with Crippen LogP contribution in [0.3, 0.4) is 0 Å². The Morgan fingerprint density at radius 2 is 1.90 bits per heavy atom. The normalized spacial score (nSPS) is 10.2. The van der Waals surface area contributed by atoms with Crippen molar-refractivity contribution in [1.29, 1.82) is 0 Å². The van der Waals surface area contributed by atoms with E-state index in [0.29, 0.717) is 11.3 Å². The van der Waals surface area contributed by atoms with E-state index in [2.05, 4.69) is 5.32 Å². The maximum absolute atomic E-state index is 13.5. The Bertz CT molecular complexity index is 611. The molecule has 4 heteroatoms. The minimum atomic E-state index is -0.357. The SMILES string of the molecule is CN(C)c1cccc(NC(=O)Cc2ccccc2F)c1. The summed E-state index contributed by atoms with van der Waals surface area (Å²) < 4.78 is 13.5. The summed E-state index contributed by atoms with van der Waals surface area (Å²) in [6.45, 7) is 0. The number of anilines is 2. The fourth-order valence-electron chi connectivity index (χ4n) is 1.88. The summed E-state index contributed by atoms with van der Waals surface area (Å²) in [6, 6.07) is 13.8. The molecular weight excluding hydrogens is 255 g/mol. The summed E-state index contributed by atoms with van der Waals surface area (Å²) in [5.74, 6) is -0.587. The second-order valence-electron chi connectivity index (χ2n) is 4.76. The lowest BCUT2D eigenvalue weighted by atomic mass is 10.1. The molecule has 0 saturated heterocycles. The minimum absolute atomic E-state index is 0.0267. The summed E-state index contributed by atoms with van der Waals surface area (Å²) in [5.41, 5.74) is 2.10. The highest BCUT2D eigenvalue weighted by molar-refractivity contribution is 5.92. The van der Waals surface area contributed by atoms with Crippen LogP contribution in [-0.2, 0) is 11.2 Å². The van der Waals surface area contributed by atoms with E-state index in [1.165, 1.54) is 6.07 Å². The molecule has 0 aliphatic rings. The predicted octanol–water partition coefficient (Wildman–Crippen LogP) is 3.07. The molecule has 0 fully saturated rings. The van der Waals surface area contributed by atoms with Gasteiger partial charge in [-0.3, -0.25) is 4.79 Å². The van der Waals surface area contributed by atoms with Crippen LogP contribution in [-0.4, -0.2) is 20.0 Å². The molecule has 0 aliphatic heterocycles. The van der Waals surface area contributed by atoms with Crippen molar-refractivity contribution in [2.75, 3.05) is 24.3 Å². The van der Waals surface area contributed by atoms with Crippen molar-refractivity contribution in [3.05, 3.63) is 59.9 Å². The van der Waals surface area contributed by atoms with Gasteiger partial charge in [-0.2, -0.15) is 0 Å². The number of carbonyl (C=O) groups excluding carboxylic acids is 1. The molecule has 104 valence electrons. The first kappa shape index (κ1) is 14.1. The van der Waals surface area contributed by atoms with Crippen LogP contribution in [0.1, 0.15) is 5.56 Å². The Balaban J connectivity index is 2.05. The van der Waals surface area contributed by atoms with Gasteiger partial charge < -0.3 is 10.2 Å². The summed E-state index contributed by atoms with van der Waals surface area (Å²) in [4.78, 5) is 13.9. The lowest BCUT2D eigenvalue weighted by Crippen LogP contribution is -2.16. The summed E-state index contributed by atoms with van der Waals surface area (Å²) in [6.07, 6.45) is 0.0267. The van der Waals surface area contributed by atoms with E-state index in [-0.39, 0.29) is 18.1 Å². The average Bonchev–Trinajstić information content (AvgIpc) is 2.41. The van der Waals surface area contributed by atoms with E-state index < -0.39 is 0 Å². The first-order chi connectivity index (χ1) is 9.56. The second kappa shape index (κ2) is 6.19. The van der Waals surface area contributed by atoms with E-state index >= 15 is 0 Å². The van der Waals surface area contributed by atoms with Crippen LogP contribution in [0.25, 0.3) is 0 Å². The van der Waals surface area contributed by atoms with Crippen molar-refractivity contribution in [3.63, 3.8) is 0 Å². The number of nitrogens with zero attached hydrogens (tertiary/aromatic N) is 1. The molecule has 3 nitrogen and oxygen atoms in total. The van der Waals surface area contributed by atoms with E-state index in [4.69, 9.17) is 0 Å². The van der Waals surface area contributed by atoms with Gasteiger partial charge in [0.05, 0.1) is 6.42 Å². The van der Waals surface area contributed by atoms with E-state index in [0.717, 1.165) is 5.69 Å². The van der Waals surface area contributed by atoms with Crippen molar-refractivity contribution in [2.24, 2.45) is 0 Å². The number of hydrogen-bond donors (Lipinski definition) is 1. The summed E-state index contributed by atoms with van der Waals surface area (Å²) >= 11 is 0. The Labute approximate surface area is 118 Å². The molecule has 2 aromatic carbocycles. The molecule has 0 unspecified atom stereocenters. The molecule has 0 aromatic heterocycles. The van der Waals surface area contributed by atoms with Crippen molar-refractivity contribution < 1.29 is 9.18 Å². The van der Waals surface area contributed by atoms with Crippen LogP contribution in [0, 0.1) is 5.82 Å². The van der Waals surface area contributed by atoms with Crippen LogP contribution in [0.5, 0.6) is 0 Å². The third-order valence-electron chi connectivity index (χ3n) is 2.96. The van der Waals surface area contributed by atoms with Gasteiger partial charge in [-0.1, -0.05) is 24.3 Å². The van der Waals surface area contributed by atoms with Gasteiger partial charge in [0, 0.05) is 25.5 Å². The van der Waals surface area contributed by atoms with Gasteiger partial charge in [0.25, 0.3) is 0 Å². The molecule has 2 aromatic rings. The van der Waals surface area contributed by atoms with Crippen LogP contribution in [0.2, 0.25) is 0 Å². The zero-order chi connectivity index (χ0) is 14.5. The van der Waals surface area contributed by atoms with E-state index in [9.17, 15) is 9.18 Å². The molecular formula is C16H17FN2O. The molecule has 2 rings (SSSR count). The molecule has 0 spiro atoms. The molecule has 0 bridgehead atoms. The van der Waals surface area contributed by atoms with Crippen LogP contribution >= 0.6 is 0 Å². The zero-order valence-corrected chi connectivity index (χ0v) is 11.6. The number of amides is 1. The number of carbonyl (C=O) groups is 1. The number of hydrogen-bond acceptors (Lipinski definition) is 2. The molecule has 0 atom stereocenters. The topological polar surface area (TPSA) is 32.3 Å². The molecule has 0 heterocycles. The quantitative estimate of drug-likeness (QED) is 0.927. The maximum Gasteiger partial charge on any atom is 0.228 e. The van der Waals surface area contributed by atoms with Crippen LogP contribution in [0.15, 0.2) is 48.5 Å². The van der Waals surface area contributed by atoms with Gasteiger partial charge in [-0.15, -0.1) is 0 Å². The molecule has 1 amide bonds.